The quantitative estimate of drug-likeness (QED) is 0.883. The molecule has 2 rings (SSSR count). The van der Waals surface area contributed by atoms with Crippen molar-refractivity contribution in [2.75, 3.05) is 11.9 Å². The molecule has 0 unspecified atom stereocenters. The molecule has 0 bridgehead atoms. The molecule has 0 radical (unpaired) electrons. The van der Waals surface area contributed by atoms with Crippen LogP contribution in [0.25, 0.3) is 5.69 Å². The number of nitrogens with one attached hydrogen (secondary N) is 1. The van der Waals surface area contributed by atoms with Crippen LogP contribution in [0.3, 0.4) is 0 Å². The molecule has 0 aliphatic heterocycles. The second-order valence-corrected chi connectivity index (χ2v) is 4.77. The van der Waals surface area contributed by atoms with Gasteiger partial charge < -0.3 is 5.32 Å². The molecule has 0 fully saturated rings. The lowest BCUT2D eigenvalue weighted by atomic mass is 10.4. The van der Waals surface area contributed by atoms with Crippen molar-refractivity contribution in [3.63, 3.8) is 0 Å². The van der Waals surface area contributed by atoms with Gasteiger partial charge in [-0.3, -0.25) is 9.25 Å². The zero-order chi connectivity index (χ0) is 13.1. The average Bonchev–Trinajstić information content (AvgIpc) is 2.92. The Bertz CT molecular complexity index is 509. The fourth-order valence-corrected chi connectivity index (χ4v) is 1.79. The van der Waals surface area contributed by atoms with Crippen molar-refractivity contribution < 1.29 is 0 Å². The highest BCUT2D eigenvalue weighted by atomic mass is 15.3. The van der Waals surface area contributed by atoms with Crippen molar-refractivity contribution in [1.29, 1.82) is 0 Å². The molecule has 0 aliphatic carbocycles. The van der Waals surface area contributed by atoms with Crippen LogP contribution in [0.5, 0.6) is 0 Å². The van der Waals surface area contributed by atoms with Crippen LogP contribution in [-0.2, 0) is 0 Å². The molecule has 0 spiro atoms. The van der Waals surface area contributed by atoms with E-state index in [0.29, 0.717) is 6.04 Å². The highest BCUT2D eigenvalue weighted by Crippen LogP contribution is 2.17. The van der Waals surface area contributed by atoms with Gasteiger partial charge in [-0.25, -0.2) is 4.98 Å². The number of hydrogen-bond donors (Lipinski definition) is 1. The standard InChI is InChI=1S/C13H21N5/c1-5-6-14-13-16-11(4)8-17(13)12-7-15-18(9-12)10(2)3/h7-10H,5-6H2,1-4H3,(H,14,16). The molecule has 18 heavy (non-hydrogen) atoms. The number of rotatable bonds is 5. The summed E-state index contributed by atoms with van der Waals surface area (Å²) in [6.45, 7) is 9.30. The Kier molecular flexibility index (Phi) is 3.69. The van der Waals surface area contributed by atoms with Crippen molar-refractivity contribution in [2.24, 2.45) is 0 Å². The third-order valence-corrected chi connectivity index (χ3v) is 2.75. The van der Waals surface area contributed by atoms with Gasteiger partial charge in [0.2, 0.25) is 5.95 Å². The largest absolute Gasteiger partial charge is 0.355 e. The van der Waals surface area contributed by atoms with Crippen LogP contribution >= 0.6 is 0 Å². The first-order valence-electron chi connectivity index (χ1n) is 6.46. The minimum absolute atomic E-state index is 0.371. The Morgan fingerprint density at radius 3 is 2.72 bits per heavy atom. The molecular formula is C13H21N5. The van der Waals surface area contributed by atoms with E-state index in [2.05, 4.69) is 40.7 Å². The van der Waals surface area contributed by atoms with Crippen LogP contribution in [0.4, 0.5) is 5.95 Å². The number of aryl methyl sites for hydroxylation is 1. The second-order valence-electron chi connectivity index (χ2n) is 4.77. The summed E-state index contributed by atoms with van der Waals surface area (Å²) in [6, 6.07) is 0.371. The Hall–Kier alpha value is -1.78. The summed E-state index contributed by atoms with van der Waals surface area (Å²) in [5.74, 6) is 0.887. The first-order chi connectivity index (χ1) is 8.61. The molecule has 0 atom stereocenters. The number of aromatic nitrogens is 4. The van der Waals surface area contributed by atoms with E-state index < -0.39 is 0 Å². The predicted octanol–water partition coefficient (Wildman–Crippen LogP) is 2.78. The van der Waals surface area contributed by atoms with Crippen molar-refractivity contribution >= 4 is 5.95 Å². The van der Waals surface area contributed by atoms with Crippen LogP contribution in [0.1, 0.15) is 38.9 Å². The number of anilines is 1. The van der Waals surface area contributed by atoms with E-state index in [9.17, 15) is 0 Å². The normalized spacial score (nSPS) is 11.2. The van der Waals surface area contributed by atoms with E-state index in [-0.39, 0.29) is 0 Å². The van der Waals surface area contributed by atoms with E-state index in [1.807, 2.05) is 30.2 Å². The van der Waals surface area contributed by atoms with Gasteiger partial charge in [0.1, 0.15) is 0 Å². The summed E-state index contributed by atoms with van der Waals surface area (Å²) in [4.78, 5) is 4.49. The molecule has 0 amide bonds. The SMILES string of the molecule is CCCNc1nc(C)cn1-c1cnn(C(C)C)c1. The maximum atomic E-state index is 4.49. The summed E-state index contributed by atoms with van der Waals surface area (Å²) in [7, 11) is 0. The molecule has 0 aromatic carbocycles. The van der Waals surface area contributed by atoms with Crippen molar-refractivity contribution in [3.05, 3.63) is 24.3 Å². The van der Waals surface area contributed by atoms with E-state index in [1.54, 1.807) is 0 Å². The van der Waals surface area contributed by atoms with Gasteiger partial charge in [0.25, 0.3) is 0 Å². The first-order valence-corrected chi connectivity index (χ1v) is 6.46. The lowest BCUT2D eigenvalue weighted by Gasteiger charge is -2.07. The molecule has 0 aliphatic rings. The Morgan fingerprint density at radius 1 is 1.33 bits per heavy atom. The van der Waals surface area contributed by atoms with E-state index >= 15 is 0 Å². The van der Waals surface area contributed by atoms with Crippen LogP contribution in [0.2, 0.25) is 0 Å². The van der Waals surface area contributed by atoms with Crippen molar-refractivity contribution in [3.8, 4) is 5.69 Å². The molecule has 1 N–H and O–H groups in total. The minimum Gasteiger partial charge on any atom is -0.355 e. The van der Waals surface area contributed by atoms with Crippen molar-refractivity contribution in [2.45, 2.75) is 40.2 Å². The predicted molar refractivity (Wildman–Crippen MR) is 73.3 cm³/mol. The minimum atomic E-state index is 0.371. The Labute approximate surface area is 108 Å². The van der Waals surface area contributed by atoms with Gasteiger partial charge in [-0.2, -0.15) is 5.10 Å². The smallest absolute Gasteiger partial charge is 0.207 e. The first kappa shape index (κ1) is 12.7. The van der Waals surface area contributed by atoms with E-state index in [4.69, 9.17) is 0 Å². The fourth-order valence-electron chi connectivity index (χ4n) is 1.79. The fraction of sp³-hybridized carbons (Fsp3) is 0.538. The monoisotopic (exact) mass is 247 g/mol. The molecule has 2 aromatic rings. The number of imidazole rings is 1. The van der Waals surface area contributed by atoms with Crippen LogP contribution < -0.4 is 5.32 Å². The molecule has 2 aromatic heterocycles. The van der Waals surface area contributed by atoms with Crippen LogP contribution in [-0.4, -0.2) is 25.9 Å². The topological polar surface area (TPSA) is 47.7 Å². The lowest BCUT2D eigenvalue weighted by molar-refractivity contribution is 0.532. The second kappa shape index (κ2) is 5.25. The molecule has 98 valence electrons. The number of nitrogens with zero attached hydrogens (tertiary/aromatic N) is 4. The maximum Gasteiger partial charge on any atom is 0.207 e. The molecule has 5 nitrogen and oxygen atoms in total. The van der Waals surface area contributed by atoms with Crippen LogP contribution in [0.15, 0.2) is 18.6 Å². The number of hydrogen-bond acceptors (Lipinski definition) is 3. The van der Waals surface area contributed by atoms with Crippen molar-refractivity contribution in [1.82, 2.24) is 19.3 Å². The van der Waals surface area contributed by atoms with Gasteiger partial charge in [-0.1, -0.05) is 6.92 Å². The third-order valence-electron chi connectivity index (χ3n) is 2.75. The highest BCUT2D eigenvalue weighted by molar-refractivity contribution is 5.40. The zero-order valence-corrected chi connectivity index (χ0v) is 11.5. The summed E-state index contributed by atoms with van der Waals surface area (Å²) < 4.78 is 4.01. The highest BCUT2D eigenvalue weighted by Gasteiger charge is 2.09. The van der Waals surface area contributed by atoms with E-state index in [0.717, 1.165) is 30.3 Å². The molecule has 0 saturated heterocycles. The zero-order valence-electron chi connectivity index (χ0n) is 11.5. The van der Waals surface area contributed by atoms with Gasteiger partial charge in [0, 0.05) is 25.0 Å². The summed E-state index contributed by atoms with van der Waals surface area (Å²) in [6.07, 6.45) is 7.03. The Morgan fingerprint density at radius 2 is 2.11 bits per heavy atom. The average molecular weight is 247 g/mol. The maximum absolute atomic E-state index is 4.49. The van der Waals surface area contributed by atoms with Gasteiger partial charge in [0.15, 0.2) is 0 Å². The molecular weight excluding hydrogens is 226 g/mol. The van der Waals surface area contributed by atoms with Gasteiger partial charge in [-0.05, 0) is 27.2 Å². The molecule has 0 saturated carbocycles. The lowest BCUT2D eigenvalue weighted by Crippen LogP contribution is -2.06. The van der Waals surface area contributed by atoms with Gasteiger partial charge >= 0.3 is 0 Å². The van der Waals surface area contributed by atoms with Gasteiger partial charge in [0.05, 0.1) is 17.6 Å². The van der Waals surface area contributed by atoms with E-state index in [1.165, 1.54) is 0 Å². The molecule has 2 heterocycles. The summed E-state index contributed by atoms with van der Waals surface area (Å²) >= 11 is 0. The Balaban J connectivity index is 2.30. The van der Waals surface area contributed by atoms with Gasteiger partial charge in [-0.15, -0.1) is 0 Å². The summed E-state index contributed by atoms with van der Waals surface area (Å²) in [5.41, 5.74) is 2.05. The third kappa shape index (κ3) is 2.55. The molecule has 5 heteroatoms. The van der Waals surface area contributed by atoms with Crippen LogP contribution in [0, 0.1) is 6.92 Å². The summed E-state index contributed by atoms with van der Waals surface area (Å²) in [5, 5.41) is 7.70.